The van der Waals surface area contributed by atoms with Gasteiger partial charge in [-0.3, -0.25) is 19.7 Å². The van der Waals surface area contributed by atoms with Crippen molar-refractivity contribution >= 4 is 27.7 Å². The molecule has 0 aliphatic heterocycles. The third-order valence-electron chi connectivity index (χ3n) is 3.81. The fourth-order valence-corrected chi connectivity index (χ4v) is 2.91. The number of aryl methyl sites for hydroxylation is 1. The molecule has 27 heavy (non-hydrogen) atoms. The van der Waals surface area contributed by atoms with Crippen LogP contribution in [0, 0.1) is 11.6 Å². The lowest BCUT2D eigenvalue weighted by molar-refractivity contribution is 0.103. The van der Waals surface area contributed by atoms with E-state index in [1.807, 2.05) is 0 Å². The van der Waals surface area contributed by atoms with Crippen molar-refractivity contribution in [2.75, 3.05) is 6.54 Å². The number of halogens is 2. The van der Waals surface area contributed by atoms with Crippen LogP contribution in [-0.2, 0) is 17.3 Å². The molecular formula is C17H14F2N4O3S. The molecule has 0 radical (unpaired) electrons. The standard InChI is InChI=1S/C17H14F2N4O3S/c18-11-6-10(2-1-3-23-27(25)26)16(19)12(7-11)17(24)14-8-13-15(9-22-14)21-5-4-20-13/h4-9,27H,1-3H2,(H,23,25,26). The number of nitrogens with zero attached hydrogens (tertiary/aromatic N) is 3. The van der Waals surface area contributed by atoms with E-state index in [1.54, 1.807) is 0 Å². The van der Waals surface area contributed by atoms with Crippen LogP contribution < -0.4 is 4.72 Å². The first kappa shape index (κ1) is 18.9. The number of aromatic nitrogens is 3. The third kappa shape index (κ3) is 4.47. The fourth-order valence-electron chi connectivity index (χ4n) is 2.57. The Morgan fingerprint density at radius 1 is 1.04 bits per heavy atom. The highest BCUT2D eigenvalue weighted by atomic mass is 32.2. The average Bonchev–Trinajstić information content (AvgIpc) is 2.66. The van der Waals surface area contributed by atoms with Crippen molar-refractivity contribution in [1.29, 1.82) is 0 Å². The molecule has 7 nitrogen and oxygen atoms in total. The summed E-state index contributed by atoms with van der Waals surface area (Å²) in [6.45, 7) is 0.0861. The molecular weight excluding hydrogens is 378 g/mol. The van der Waals surface area contributed by atoms with E-state index in [2.05, 4.69) is 19.7 Å². The van der Waals surface area contributed by atoms with E-state index >= 15 is 0 Å². The zero-order valence-electron chi connectivity index (χ0n) is 13.9. The van der Waals surface area contributed by atoms with E-state index in [4.69, 9.17) is 0 Å². The molecule has 0 bridgehead atoms. The smallest absolute Gasteiger partial charge is 0.214 e. The number of nitrogens with one attached hydrogen (secondary N) is 1. The zero-order chi connectivity index (χ0) is 19.4. The van der Waals surface area contributed by atoms with Gasteiger partial charge in [0.1, 0.15) is 22.8 Å². The number of ketones is 1. The quantitative estimate of drug-likeness (QED) is 0.360. The molecule has 140 valence electrons. The minimum atomic E-state index is -2.75. The Morgan fingerprint density at radius 2 is 1.78 bits per heavy atom. The number of thiol groups is 1. The van der Waals surface area contributed by atoms with Crippen LogP contribution in [0.5, 0.6) is 0 Å². The molecule has 3 rings (SSSR count). The van der Waals surface area contributed by atoms with E-state index in [0.717, 1.165) is 12.1 Å². The van der Waals surface area contributed by atoms with Crippen LogP contribution in [0.4, 0.5) is 8.78 Å². The van der Waals surface area contributed by atoms with Crippen LogP contribution in [0.3, 0.4) is 0 Å². The average molecular weight is 392 g/mol. The summed E-state index contributed by atoms with van der Waals surface area (Å²) in [6.07, 6.45) is 4.57. The maximum atomic E-state index is 14.7. The Hall–Kier alpha value is -2.85. The summed E-state index contributed by atoms with van der Waals surface area (Å²) in [7, 11) is -2.75. The van der Waals surface area contributed by atoms with Crippen LogP contribution in [0.25, 0.3) is 11.0 Å². The number of fused-ring (bicyclic) bond motifs is 1. The monoisotopic (exact) mass is 392 g/mol. The van der Waals surface area contributed by atoms with E-state index in [9.17, 15) is 22.0 Å². The second-order valence-electron chi connectivity index (χ2n) is 5.64. The van der Waals surface area contributed by atoms with Crippen LogP contribution in [0.15, 0.2) is 36.8 Å². The van der Waals surface area contributed by atoms with Gasteiger partial charge in [0.05, 0.1) is 17.3 Å². The Kier molecular flexibility index (Phi) is 5.77. The van der Waals surface area contributed by atoms with E-state index < -0.39 is 33.9 Å². The molecule has 0 amide bonds. The zero-order valence-corrected chi connectivity index (χ0v) is 14.7. The molecule has 1 N–H and O–H groups in total. The number of hydrogen-bond donors (Lipinski definition) is 2. The first-order valence-electron chi connectivity index (χ1n) is 7.93. The fraction of sp³-hybridized carbons (Fsp3) is 0.176. The van der Waals surface area contributed by atoms with Gasteiger partial charge in [-0.2, -0.15) is 0 Å². The summed E-state index contributed by atoms with van der Waals surface area (Å²) in [4.78, 5) is 24.7. The molecule has 10 heteroatoms. The van der Waals surface area contributed by atoms with Crippen molar-refractivity contribution in [2.45, 2.75) is 12.8 Å². The van der Waals surface area contributed by atoms with E-state index in [1.165, 1.54) is 24.7 Å². The molecule has 0 aliphatic carbocycles. The molecule has 0 saturated carbocycles. The predicted octanol–water partition coefficient (Wildman–Crippen LogP) is 1.58. The van der Waals surface area contributed by atoms with Gasteiger partial charge in [0.2, 0.25) is 16.7 Å². The highest BCUT2D eigenvalue weighted by molar-refractivity contribution is 7.70. The van der Waals surface area contributed by atoms with Gasteiger partial charge in [0.25, 0.3) is 0 Å². The number of carbonyl (C=O) groups excluding carboxylic acids is 1. The highest BCUT2D eigenvalue weighted by Crippen LogP contribution is 2.21. The molecule has 0 saturated heterocycles. The lowest BCUT2D eigenvalue weighted by Crippen LogP contribution is -2.14. The Balaban J connectivity index is 1.89. The van der Waals surface area contributed by atoms with Crippen LogP contribution in [-0.4, -0.2) is 35.7 Å². The van der Waals surface area contributed by atoms with E-state index in [-0.39, 0.29) is 30.6 Å². The molecule has 0 unspecified atom stereocenters. The number of carbonyl (C=O) groups is 1. The van der Waals surface area contributed by atoms with Crippen LogP contribution >= 0.6 is 0 Å². The second-order valence-corrected chi connectivity index (χ2v) is 6.47. The SMILES string of the molecule is O=C(c1cc2nccnc2cn1)c1cc(F)cc(CCCN[SH](=O)=O)c1F. The van der Waals surface area contributed by atoms with Crippen molar-refractivity contribution in [1.82, 2.24) is 19.7 Å². The van der Waals surface area contributed by atoms with Crippen molar-refractivity contribution in [3.8, 4) is 0 Å². The first-order chi connectivity index (χ1) is 13.0. The second kappa shape index (κ2) is 8.23. The summed E-state index contributed by atoms with van der Waals surface area (Å²) < 4.78 is 51.7. The van der Waals surface area contributed by atoms with Crippen molar-refractivity contribution in [3.63, 3.8) is 0 Å². The molecule has 0 spiro atoms. The summed E-state index contributed by atoms with van der Waals surface area (Å²) in [5.41, 5.74) is 0.346. The number of rotatable bonds is 7. The van der Waals surface area contributed by atoms with Gasteiger partial charge in [-0.15, -0.1) is 0 Å². The molecule has 3 aromatic rings. The van der Waals surface area contributed by atoms with Gasteiger partial charge in [-0.1, -0.05) is 0 Å². The molecule has 1 aromatic carbocycles. The maximum absolute atomic E-state index is 14.7. The molecule has 0 aliphatic rings. The first-order valence-corrected chi connectivity index (χ1v) is 9.10. The van der Waals surface area contributed by atoms with Gasteiger partial charge in [-0.05, 0) is 36.6 Å². The number of hydrogen-bond acceptors (Lipinski definition) is 6. The largest absolute Gasteiger partial charge is 0.287 e. The van der Waals surface area contributed by atoms with Crippen molar-refractivity contribution in [2.24, 2.45) is 0 Å². The van der Waals surface area contributed by atoms with Gasteiger partial charge >= 0.3 is 0 Å². The summed E-state index contributed by atoms with van der Waals surface area (Å²) >= 11 is 0. The third-order valence-corrected chi connectivity index (χ3v) is 4.29. The van der Waals surface area contributed by atoms with Crippen molar-refractivity contribution in [3.05, 3.63) is 65.2 Å². The summed E-state index contributed by atoms with van der Waals surface area (Å²) in [6, 6.07) is 3.17. The molecule has 0 fully saturated rings. The van der Waals surface area contributed by atoms with E-state index in [0.29, 0.717) is 11.0 Å². The van der Waals surface area contributed by atoms with Gasteiger partial charge in [-0.25, -0.2) is 21.9 Å². The van der Waals surface area contributed by atoms with Gasteiger partial charge in [0, 0.05) is 18.9 Å². The Labute approximate surface area is 154 Å². The Morgan fingerprint density at radius 3 is 2.52 bits per heavy atom. The molecule has 2 heterocycles. The molecule has 2 aromatic heterocycles. The normalized spacial score (nSPS) is 11.2. The molecule has 0 atom stereocenters. The number of pyridine rings is 1. The van der Waals surface area contributed by atoms with Gasteiger partial charge in [0.15, 0.2) is 0 Å². The summed E-state index contributed by atoms with van der Waals surface area (Å²) in [5.74, 6) is -2.39. The van der Waals surface area contributed by atoms with Gasteiger partial charge < -0.3 is 0 Å². The maximum Gasteiger partial charge on any atom is 0.214 e. The minimum absolute atomic E-state index is 0.0122. The minimum Gasteiger partial charge on any atom is -0.287 e. The number of benzene rings is 1. The van der Waals surface area contributed by atoms with Crippen LogP contribution in [0.2, 0.25) is 0 Å². The van der Waals surface area contributed by atoms with Crippen LogP contribution in [0.1, 0.15) is 28.0 Å². The van der Waals surface area contributed by atoms with Crippen molar-refractivity contribution < 1.29 is 22.0 Å². The lowest BCUT2D eigenvalue weighted by Gasteiger charge is -2.09. The Bertz CT molecular complexity index is 1080. The summed E-state index contributed by atoms with van der Waals surface area (Å²) in [5, 5.41) is 0. The highest BCUT2D eigenvalue weighted by Gasteiger charge is 2.20. The topological polar surface area (TPSA) is 102 Å². The predicted molar refractivity (Wildman–Crippen MR) is 93.8 cm³/mol. The lowest BCUT2D eigenvalue weighted by atomic mass is 10.0.